The lowest BCUT2D eigenvalue weighted by Crippen LogP contribution is -2.13. The first-order chi connectivity index (χ1) is 6.45. The lowest BCUT2D eigenvalue weighted by Gasteiger charge is -2.15. The third-order valence-corrected chi connectivity index (χ3v) is 2.33. The predicted molar refractivity (Wildman–Crippen MR) is 56.0 cm³/mol. The van der Waals surface area contributed by atoms with E-state index in [1.807, 2.05) is 0 Å². The Bertz CT molecular complexity index is 262. The Kier molecular flexibility index (Phi) is 2.65. The van der Waals surface area contributed by atoms with Gasteiger partial charge in [0.15, 0.2) is 0 Å². The van der Waals surface area contributed by atoms with Crippen molar-refractivity contribution in [1.29, 1.82) is 0 Å². The Morgan fingerprint density at radius 3 is 1.69 bits per heavy atom. The van der Waals surface area contributed by atoms with E-state index in [1.54, 1.807) is 0 Å². The van der Waals surface area contributed by atoms with E-state index in [4.69, 9.17) is 0 Å². The van der Waals surface area contributed by atoms with Crippen molar-refractivity contribution in [3.63, 3.8) is 0 Å². The van der Waals surface area contributed by atoms with Gasteiger partial charge in [-0.1, -0.05) is 36.5 Å². The van der Waals surface area contributed by atoms with Crippen LogP contribution in [-0.2, 0) is 0 Å². The summed E-state index contributed by atoms with van der Waals surface area (Å²) in [6, 6.07) is 0. The maximum atomic E-state index is 3.48. The molecule has 0 heterocycles. The summed E-state index contributed by atoms with van der Waals surface area (Å²) in [5.74, 6) is 0. The zero-order valence-electron chi connectivity index (χ0n) is 7.79. The molecule has 0 fully saturated rings. The monoisotopic (exact) mass is 173 g/mol. The Morgan fingerprint density at radius 2 is 1.31 bits per heavy atom. The number of allylic oxidation sites excluding steroid dienone is 6. The van der Waals surface area contributed by atoms with Crippen molar-refractivity contribution in [2.75, 3.05) is 0 Å². The highest BCUT2D eigenvalue weighted by Crippen LogP contribution is 2.14. The maximum absolute atomic E-state index is 3.48. The zero-order chi connectivity index (χ0) is 8.93. The van der Waals surface area contributed by atoms with E-state index >= 15 is 0 Å². The number of hydrogen-bond donors (Lipinski definition) is 1. The molecule has 1 nitrogen and oxygen atoms in total. The van der Waals surface area contributed by atoms with Crippen molar-refractivity contribution >= 4 is 0 Å². The van der Waals surface area contributed by atoms with E-state index in [0.29, 0.717) is 0 Å². The molecule has 0 amide bonds. The second-order valence-corrected chi connectivity index (χ2v) is 3.41. The zero-order valence-corrected chi connectivity index (χ0v) is 7.79. The van der Waals surface area contributed by atoms with Gasteiger partial charge in [0.05, 0.1) is 0 Å². The van der Waals surface area contributed by atoms with Crippen molar-refractivity contribution in [3.05, 3.63) is 47.9 Å². The minimum atomic E-state index is 1.06. The molecule has 2 aliphatic carbocycles. The van der Waals surface area contributed by atoms with Crippen LogP contribution in [0.1, 0.15) is 25.7 Å². The molecule has 13 heavy (non-hydrogen) atoms. The summed E-state index contributed by atoms with van der Waals surface area (Å²) in [5.41, 5.74) is 2.70. The van der Waals surface area contributed by atoms with E-state index in [2.05, 4.69) is 41.8 Å². The summed E-state index contributed by atoms with van der Waals surface area (Å²) in [4.78, 5) is 0. The molecule has 2 rings (SSSR count). The molecular formula is C12H15N. The average molecular weight is 173 g/mol. The third kappa shape index (κ3) is 2.35. The van der Waals surface area contributed by atoms with Crippen LogP contribution in [-0.4, -0.2) is 0 Å². The fourth-order valence-corrected chi connectivity index (χ4v) is 1.61. The highest BCUT2D eigenvalue weighted by atomic mass is 14.9. The van der Waals surface area contributed by atoms with Crippen LogP contribution in [0.15, 0.2) is 47.9 Å². The van der Waals surface area contributed by atoms with Crippen LogP contribution in [0.2, 0.25) is 0 Å². The van der Waals surface area contributed by atoms with E-state index in [0.717, 1.165) is 25.7 Å². The second-order valence-electron chi connectivity index (χ2n) is 3.41. The van der Waals surface area contributed by atoms with Gasteiger partial charge in [-0.3, -0.25) is 0 Å². The van der Waals surface area contributed by atoms with Gasteiger partial charge >= 0.3 is 0 Å². The highest BCUT2D eigenvalue weighted by molar-refractivity contribution is 5.22. The molecule has 1 N–H and O–H groups in total. The van der Waals surface area contributed by atoms with Crippen molar-refractivity contribution < 1.29 is 0 Å². The smallest absolute Gasteiger partial charge is 0.0149 e. The molecule has 1 heteroatoms. The van der Waals surface area contributed by atoms with Gasteiger partial charge in [-0.05, 0) is 12.8 Å². The Balaban J connectivity index is 1.90. The molecule has 0 unspecified atom stereocenters. The maximum Gasteiger partial charge on any atom is 0.0149 e. The summed E-state index contributed by atoms with van der Waals surface area (Å²) in [7, 11) is 0. The predicted octanol–water partition coefficient (Wildman–Crippen LogP) is 3.04. The molecule has 0 bridgehead atoms. The van der Waals surface area contributed by atoms with Gasteiger partial charge in [-0.25, -0.2) is 0 Å². The Labute approximate surface area is 79.5 Å². The lowest BCUT2D eigenvalue weighted by molar-refractivity contribution is 0.857. The average Bonchev–Trinajstić information content (AvgIpc) is 2.21. The van der Waals surface area contributed by atoms with Crippen LogP contribution in [0.3, 0.4) is 0 Å². The largest absolute Gasteiger partial charge is 0.362 e. The molecule has 0 aromatic carbocycles. The van der Waals surface area contributed by atoms with Crippen LogP contribution >= 0.6 is 0 Å². The molecule has 0 radical (unpaired) electrons. The summed E-state index contributed by atoms with van der Waals surface area (Å²) < 4.78 is 0. The van der Waals surface area contributed by atoms with Crippen LogP contribution in [0.4, 0.5) is 0 Å². The van der Waals surface area contributed by atoms with Gasteiger partial charge in [-0.15, -0.1) is 0 Å². The topological polar surface area (TPSA) is 12.0 Å². The first-order valence-electron chi connectivity index (χ1n) is 4.90. The van der Waals surface area contributed by atoms with E-state index in [-0.39, 0.29) is 0 Å². The summed E-state index contributed by atoms with van der Waals surface area (Å²) in [6.45, 7) is 0. The van der Waals surface area contributed by atoms with Gasteiger partial charge < -0.3 is 5.32 Å². The molecule has 0 atom stereocenters. The quantitative estimate of drug-likeness (QED) is 0.633. The number of hydrogen-bond acceptors (Lipinski definition) is 1. The summed E-state index contributed by atoms with van der Waals surface area (Å²) in [5, 5.41) is 3.48. The first kappa shape index (κ1) is 8.36. The first-order valence-corrected chi connectivity index (χ1v) is 4.90. The van der Waals surface area contributed by atoms with Gasteiger partial charge in [0.1, 0.15) is 0 Å². The number of nitrogens with one attached hydrogen (secondary N) is 1. The molecule has 0 aromatic rings. The van der Waals surface area contributed by atoms with Crippen LogP contribution in [0.5, 0.6) is 0 Å². The van der Waals surface area contributed by atoms with Gasteiger partial charge in [0.2, 0.25) is 0 Å². The molecular weight excluding hydrogens is 158 g/mol. The minimum Gasteiger partial charge on any atom is -0.362 e. The van der Waals surface area contributed by atoms with Crippen molar-refractivity contribution in [1.82, 2.24) is 5.32 Å². The van der Waals surface area contributed by atoms with Crippen LogP contribution < -0.4 is 5.32 Å². The SMILES string of the molecule is C1=CCC(NC2=CCC=CC2)=CC1. The fraction of sp³-hybridized carbons (Fsp3) is 0.333. The molecule has 0 saturated carbocycles. The third-order valence-electron chi connectivity index (χ3n) is 2.33. The van der Waals surface area contributed by atoms with Crippen molar-refractivity contribution in [2.45, 2.75) is 25.7 Å². The van der Waals surface area contributed by atoms with Crippen LogP contribution in [0.25, 0.3) is 0 Å². The standard InChI is InChI=1S/C12H15N/c1-3-7-11(8-4-1)13-12-9-5-2-6-10-12/h1-3,5,8,10,13H,4,6-7,9H2. The Morgan fingerprint density at radius 1 is 0.769 bits per heavy atom. The highest BCUT2D eigenvalue weighted by Gasteiger charge is 2.02. The van der Waals surface area contributed by atoms with E-state index in [1.165, 1.54) is 11.4 Å². The van der Waals surface area contributed by atoms with Crippen LogP contribution in [0, 0.1) is 0 Å². The van der Waals surface area contributed by atoms with Gasteiger partial charge in [0, 0.05) is 24.2 Å². The molecule has 0 aromatic heterocycles. The van der Waals surface area contributed by atoms with Gasteiger partial charge in [-0.2, -0.15) is 0 Å². The van der Waals surface area contributed by atoms with Crippen molar-refractivity contribution in [3.8, 4) is 0 Å². The fourth-order valence-electron chi connectivity index (χ4n) is 1.61. The molecule has 0 aliphatic heterocycles. The molecule has 2 aliphatic rings. The normalized spacial score (nSPS) is 20.9. The second kappa shape index (κ2) is 4.13. The van der Waals surface area contributed by atoms with Gasteiger partial charge in [0.25, 0.3) is 0 Å². The van der Waals surface area contributed by atoms with E-state index in [9.17, 15) is 0 Å². The molecule has 0 saturated heterocycles. The summed E-state index contributed by atoms with van der Waals surface area (Å²) in [6.07, 6.45) is 17.7. The lowest BCUT2D eigenvalue weighted by atomic mass is 10.1. The molecule has 0 spiro atoms. The Hall–Kier alpha value is -1.24. The minimum absolute atomic E-state index is 1.06. The molecule has 68 valence electrons. The number of rotatable bonds is 2. The summed E-state index contributed by atoms with van der Waals surface area (Å²) >= 11 is 0. The van der Waals surface area contributed by atoms with Crippen molar-refractivity contribution in [2.24, 2.45) is 0 Å². The van der Waals surface area contributed by atoms with E-state index < -0.39 is 0 Å².